The fourth-order valence-electron chi connectivity index (χ4n) is 2.66. The zero-order chi connectivity index (χ0) is 17.1. The van der Waals surface area contributed by atoms with E-state index in [1.165, 1.54) is 5.56 Å². The normalized spacial score (nSPS) is 10.6. The Balaban J connectivity index is 1.72. The summed E-state index contributed by atoms with van der Waals surface area (Å²) >= 11 is 0. The van der Waals surface area contributed by atoms with Gasteiger partial charge in [-0.05, 0) is 48.9 Å². The number of rotatable bonds is 4. The van der Waals surface area contributed by atoms with Crippen LogP contribution in [0.4, 0.5) is 5.69 Å². The third kappa shape index (κ3) is 3.49. The molecule has 2 N–H and O–H groups in total. The number of nitrogens with zero attached hydrogens (tertiary/aromatic N) is 1. The van der Waals surface area contributed by atoms with Crippen molar-refractivity contribution in [3.8, 4) is 17.0 Å². The quantitative estimate of drug-likeness (QED) is 0.717. The Labute approximate surface area is 141 Å². The van der Waals surface area contributed by atoms with Gasteiger partial charge in [0.25, 0.3) is 0 Å². The first-order chi connectivity index (χ1) is 11.5. The lowest BCUT2D eigenvalue weighted by atomic mass is 10.1. The predicted octanol–water partition coefficient (Wildman–Crippen LogP) is 3.89. The minimum atomic E-state index is -0.0858. The van der Waals surface area contributed by atoms with Gasteiger partial charge in [-0.2, -0.15) is 0 Å². The second kappa shape index (κ2) is 6.62. The molecule has 0 radical (unpaired) electrons. The topological polar surface area (TPSA) is 54.3 Å². The summed E-state index contributed by atoms with van der Waals surface area (Å²) in [6.07, 6.45) is 0.295. The number of carbonyl (C=O) groups is 1. The third-order valence-corrected chi connectivity index (χ3v) is 4.07. The Morgan fingerprint density at radius 1 is 1.00 bits per heavy atom. The number of aryl methyl sites for hydroxylation is 1. The first-order valence-electron chi connectivity index (χ1n) is 7.83. The molecule has 4 heteroatoms. The van der Waals surface area contributed by atoms with Gasteiger partial charge in [0.1, 0.15) is 5.75 Å². The van der Waals surface area contributed by atoms with Crippen molar-refractivity contribution in [2.24, 2.45) is 7.05 Å². The maximum absolute atomic E-state index is 12.2. The van der Waals surface area contributed by atoms with Crippen molar-refractivity contribution >= 4 is 11.6 Å². The number of nitrogens with one attached hydrogen (secondary N) is 1. The number of benzene rings is 2. The van der Waals surface area contributed by atoms with Crippen LogP contribution in [0.15, 0.2) is 60.7 Å². The number of phenolic OH excluding ortho intramolecular Hbond substituents is 1. The summed E-state index contributed by atoms with van der Waals surface area (Å²) in [4.78, 5) is 12.2. The molecule has 1 heterocycles. The largest absolute Gasteiger partial charge is 0.508 e. The molecular formula is C20H20N2O2. The highest BCUT2D eigenvalue weighted by Crippen LogP contribution is 2.22. The van der Waals surface area contributed by atoms with Gasteiger partial charge in [0.15, 0.2) is 0 Å². The van der Waals surface area contributed by atoms with Crippen LogP contribution in [0.25, 0.3) is 11.3 Å². The van der Waals surface area contributed by atoms with Crippen molar-refractivity contribution < 1.29 is 9.90 Å². The number of hydrogen-bond acceptors (Lipinski definition) is 2. The molecule has 0 fully saturated rings. The number of phenols is 1. The maximum atomic E-state index is 12.2. The first-order valence-corrected chi connectivity index (χ1v) is 7.83. The van der Waals surface area contributed by atoms with E-state index in [2.05, 4.69) is 36.5 Å². The van der Waals surface area contributed by atoms with Gasteiger partial charge in [0, 0.05) is 24.1 Å². The molecule has 0 atom stereocenters. The van der Waals surface area contributed by atoms with Crippen molar-refractivity contribution in [2.75, 3.05) is 5.32 Å². The summed E-state index contributed by atoms with van der Waals surface area (Å²) in [5.41, 5.74) is 5.06. The Morgan fingerprint density at radius 3 is 2.33 bits per heavy atom. The summed E-state index contributed by atoms with van der Waals surface area (Å²) < 4.78 is 2.04. The summed E-state index contributed by atoms with van der Waals surface area (Å²) in [6.45, 7) is 2.06. The Morgan fingerprint density at radius 2 is 1.67 bits per heavy atom. The fraction of sp³-hybridized carbons (Fsp3) is 0.150. The zero-order valence-corrected chi connectivity index (χ0v) is 13.8. The Bertz CT molecular complexity index is 846. The van der Waals surface area contributed by atoms with Crippen LogP contribution in [0.1, 0.15) is 11.3 Å². The van der Waals surface area contributed by atoms with Crippen LogP contribution in [-0.2, 0) is 18.3 Å². The second-order valence-electron chi connectivity index (χ2n) is 5.91. The van der Waals surface area contributed by atoms with Gasteiger partial charge < -0.3 is 15.0 Å². The second-order valence-corrected chi connectivity index (χ2v) is 5.91. The molecule has 122 valence electrons. The number of aromatic nitrogens is 1. The van der Waals surface area contributed by atoms with E-state index >= 15 is 0 Å². The van der Waals surface area contributed by atoms with Crippen LogP contribution < -0.4 is 5.32 Å². The fourth-order valence-corrected chi connectivity index (χ4v) is 2.66. The van der Waals surface area contributed by atoms with E-state index in [0.29, 0.717) is 12.1 Å². The van der Waals surface area contributed by atoms with Gasteiger partial charge in [0.05, 0.1) is 6.42 Å². The molecule has 0 bridgehead atoms. The maximum Gasteiger partial charge on any atom is 0.230 e. The van der Waals surface area contributed by atoms with E-state index in [1.807, 2.05) is 23.7 Å². The smallest absolute Gasteiger partial charge is 0.230 e. The lowest BCUT2D eigenvalue weighted by Gasteiger charge is -2.09. The highest BCUT2D eigenvalue weighted by atomic mass is 16.3. The van der Waals surface area contributed by atoms with Crippen LogP contribution in [0.3, 0.4) is 0 Å². The number of aromatic hydroxyl groups is 1. The molecule has 3 aromatic rings. The van der Waals surface area contributed by atoms with Crippen LogP contribution in [0.5, 0.6) is 5.75 Å². The van der Waals surface area contributed by atoms with E-state index in [-0.39, 0.29) is 11.7 Å². The summed E-state index contributed by atoms with van der Waals surface area (Å²) in [7, 11) is 1.97. The first kappa shape index (κ1) is 15.9. The molecule has 1 amide bonds. The van der Waals surface area contributed by atoms with Crippen molar-refractivity contribution in [3.63, 3.8) is 0 Å². The average Bonchev–Trinajstić information content (AvgIpc) is 2.91. The number of carbonyl (C=O) groups excluding carboxylic acids is 1. The van der Waals surface area contributed by atoms with Gasteiger partial charge in [-0.25, -0.2) is 0 Å². The van der Waals surface area contributed by atoms with Gasteiger partial charge in [-0.15, -0.1) is 0 Å². The van der Waals surface area contributed by atoms with Crippen molar-refractivity contribution in [3.05, 3.63) is 71.9 Å². The van der Waals surface area contributed by atoms with Gasteiger partial charge in [-0.3, -0.25) is 4.79 Å². The lowest BCUT2D eigenvalue weighted by molar-refractivity contribution is -0.115. The van der Waals surface area contributed by atoms with Crippen LogP contribution in [0, 0.1) is 6.92 Å². The molecular weight excluding hydrogens is 300 g/mol. The molecule has 0 unspecified atom stereocenters. The molecule has 0 aliphatic carbocycles. The van der Waals surface area contributed by atoms with Gasteiger partial charge >= 0.3 is 0 Å². The standard InChI is InChI=1S/C20H20N2O2/c1-14-3-5-15(6-4-14)19-12-9-17(22(19)2)13-20(24)21-16-7-10-18(23)11-8-16/h3-12,23H,13H2,1-2H3,(H,21,24). The Hall–Kier alpha value is -3.01. The highest BCUT2D eigenvalue weighted by molar-refractivity contribution is 5.92. The van der Waals surface area contributed by atoms with Crippen LogP contribution >= 0.6 is 0 Å². The third-order valence-electron chi connectivity index (χ3n) is 4.07. The van der Waals surface area contributed by atoms with Crippen LogP contribution in [-0.4, -0.2) is 15.6 Å². The molecule has 4 nitrogen and oxygen atoms in total. The monoisotopic (exact) mass is 320 g/mol. The Kier molecular flexibility index (Phi) is 4.38. The molecule has 2 aromatic carbocycles. The molecule has 0 aliphatic rings. The molecule has 0 aliphatic heterocycles. The van der Waals surface area contributed by atoms with Gasteiger partial charge in [0.2, 0.25) is 5.91 Å². The van der Waals surface area contributed by atoms with Gasteiger partial charge in [-0.1, -0.05) is 29.8 Å². The summed E-state index contributed by atoms with van der Waals surface area (Å²) in [5, 5.41) is 12.1. The molecule has 24 heavy (non-hydrogen) atoms. The summed E-state index contributed by atoms with van der Waals surface area (Å²) in [6, 6.07) is 18.8. The van der Waals surface area contributed by atoms with E-state index in [1.54, 1.807) is 24.3 Å². The molecule has 1 aromatic heterocycles. The zero-order valence-electron chi connectivity index (χ0n) is 13.8. The number of anilines is 1. The number of amides is 1. The number of hydrogen-bond donors (Lipinski definition) is 2. The van der Waals surface area contributed by atoms with E-state index in [0.717, 1.165) is 17.0 Å². The molecule has 0 spiro atoms. The lowest BCUT2D eigenvalue weighted by Crippen LogP contribution is -2.16. The van der Waals surface area contributed by atoms with E-state index in [9.17, 15) is 9.90 Å². The average molecular weight is 320 g/mol. The predicted molar refractivity (Wildman–Crippen MR) is 96.0 cm³/mol. The van der Waals surface area contributed by atoms with Crippen molar-refractivity contribution in [1.29, 1.82) is 0 Å². The molecule has 0 saturated heterocycles. The SMILES string of the molecule is Cc1ccc(-c2ccc(CC(=O)Nc3ccc(O)cc3)n2C)cc1. The van der Waals surface area contributed by atoms with Crippen LogP contribution in [0.2, 0.25) is 0 Å². The molecule has 0 saturated carbocycles. The van der Waals surface area contributed by atoms with Crippen molar-refractivity contribution in [1.82, 2.24) is 4.57 Å². The summed E-state index contributed by atoms with van der Waals surface area (Å²) in [5.74, 6) is 0.0931. The van der Waals surface area contributed by atoms with Crippen molar-refractivity contribution in [2.45, 2.75) is 13.3 Å². The van der Waals surface area contributed by atoms with E-state index < -0.39 is 0 Å². The minimum Gasteiger partial charge on any atom is -0.508 e. The highest BCUT2D eigenvalue weighted by Gasteiger charge is 2.11. The minimum absolute atomic E-state index is 0.0858. The van der Waals surface area contributed by atoms with E-state index in [4.69, 9.17) is 0 Å². The molecule has 3 rings (SSSR count).